The fourth-order valence-corrected chi connectivity index (χ4v) is 4.08. The van der Waals surface area contributed by atoms with Gasteiger partial charge in [0.1, 0.15) is 24.4 Å². The lowest BCUT2D eigenvalue weighted by molar-refractivity contribution is -0.245. The van der Waals surface area contributed by atoms with Crippen LogP contribution in [0, 0.1) is 0 Å². The molecule has 0 saturated carbocycles. The van der Waals surface area contributed by atoms with Crippen molar-refractivity contribution in [2.24, 2.45) is 0 Å². The summed E-state index contributed by atoms with van der Waals surface area (Å²) in [6.45, 7) is 1.39. The molecule has 0 spiro atoms. The number of Topliss-reactive ketones (excluding diaryl/α,β-unsaturated/α-hetero) is 1. The summed E-state index contributed by atoms with van der Waals surface area (Å²) >= 11 is 0. The maximum Gasteiger partial charge on any atom is 0.178 e. The van der Waals surface area contributed by atoms with Crippen LogP contribution in [0.25, 0.3) is 11.1 Å². The summed E-state index contributed by atoms with van der Waals surface area (Å²) in [6.07, 6.45) is -3.13. The summed E-state index contributed by atoms with van der Waals surface area (Å²) in [5.41, 5.74) is 4.72. The Balaban J connectivity index is 1.60. The Labute approximate surface area is 167 Å². The minimum absolute atomic E-state index is 0.0110. The minimum atomic E-state index is -1.41. The predicted octanol–water partition coefficient (Wildman–Crippen LogP) is 0.282. The van der Waals surface area contributed by atoms with E-state index in [1.807, 2.05) is 25.1 Å². The SMILES string of the molecule is CC1=C(c2ccc[nH]2)C(=O)Cc2cc(NC3[C@@H](O)OC(CO)[C@H](O)[C@H]3O)ccc21. The molecule has 29 heavy (non-hydrogen) atoms. The van der Waals surface area contributed by atoms with Gasteiger partial charge in [-0.25, -0.2) is 0 Å². The third kappa shape index (κ3) is 3.50. The van der Waals surface area contributed by atoms with Gasteiger partial charge in [0.2, 0.25) is 0 Å². The van der Waals surface area contributed by atoms with E-state index in [0.29, 0.717) is 11.3 Å². The summed E-state index contributed by atoms with van der Waals surface area (Å²) in [6, 6.07) is 8.20. The Hall–Kier alpha value is -2.49. The van der Waals surface area contributed by atoms with Crippen molar-refractivity contribution in [1.29, 1.82) is 0 Å². The number of rotatable bonds is 4. The van der Waals surface area contributed by atoms with Crippen molar-refractivity contribution in [3.8, 4) is 0 Å². The second-order valence-corrected chi connectivity index (χ2v) is 7.45. The number of aromatic nitrogens is 1. The zero-order valence-corrected chi connectivity index (χ0v) is 15.9. The van der Waals surface area contributed by atoms with Gasteiger partial charge < -0.3 is 35.5 Å². The quantitative estimate of drug-likeness (QED) is 0.434. The number of allylic oxidation sites excluding steroid dienone is 2. The number of aliphatic hydroxyl groups excluding tert-OH is 4. The number of hydrogen-bond donors (Lipinski definition) is 6. The van der Waals surface area contributed by atoms with Gasteiger partial charge in [0.15, 0.2) is 12.1 Å². The maximum atomic E-state index is 12.7. The molecule has 1 aliphatic carbocycles. The number of hydrogen-bond acceptors (Lipinski definition) is 7. The van der Waals surface area contributed by atoms with Gasteiger partial charge in [0.05, 0.1) is 6.61 Å². The fourth-order valence-electron chi connectivity index (χ4n) is 4.08. The van der Waals surface area contributed by atoms with Gasteiger partial charge in [-0.15, -0.1) is 0 Å². The molecule has 6 N–H and O–H groups in total. The number of carbonyl (C=O) groups excluding carboxylic acids is 1. The molecule has 8 heteroatoms. The van der Waals surface area contributed by atoms with Crippen LogP contribution >= 0.6 is 0 Å². The van der Waals surface area contributed by atoms with Gasteiger partial charge in [0.25, 0.3) is 0 Å². The lowest BCUT2D eigenvalue weighted by atomic mass is 9.84. The van der Waals surface area contributed by atoms with Crippen LogP contribution in [-0.2, 0) is 16.0 Å². The molecular formula is C21H24N2O6. The van der Waals surface area contributed by atoms with E-state index in [0.717, 1.165) is 22.4 Å². The Morgan fingerprint density at radius 2 is 2.00 bits per heavy atom. The number of fused-ring (bicyclic) bond motifs is 1. The van der Waals surface area contributed by atoms with Crippen molar-refractivity contribution < 1.29 is 30.0 Å². The standard InChI is InChI=1S/C21H24N2O6/c1-10-13-5-4-12(23-18-20(27)19(26)16(9-24)29-21(18)28)7-11(13)8-15(25)17(10)14-3-2-6-22-14/h2-7,16,18-24,26-28H,8-9H2,1H3/t16?,18?,19-,20-,21-/m0/s1. The van der Waals surface area contributed by atoms with Gasteiger partial charge in [-0.3, -0.25) is 4.79 Å². The first-order valence-corrected chi connectivity index (χ1v) is 9.49. The molecule has 2 heterocycles. The van der Waals surface area contributed by atoms with E-state index < -0.39 is 37.3 Å². The average molecular weight is 400 g/mol. The van der Waals surface area contributed by atoms with Gasteiger partial charge in [0, 0.05) is 29.6 Å². The number of carbonyl (C=O) groups is 1. The zero-order valence-electron chi connectivity index (χ0n) is 15.9. The molecule has 4 rings (SSSR count). The monoisotopic (exact) mass is 400 g/mol. The second-order valence-electron chi connectivity index (χ2n) is 7.45. The summed E-state index contributed by atoms with van der Waals surface area (Å²) in [7, 11) is 0. The summed E-state index contributed by atoms with van der Waals surface area (Å²) < 4.78 is 5.17. The lowest BCUT2D eigenvalue weighted by Crippen LogP contribution is -2.61. The molecule has 0 radical (unpaired) electrons. The van der Waals surface area contributed by atoms with Crippen molar-refractivity contribution in [3.63, 3.8) is 0 Å². The molecule has 0 amide bonds. The van der Waals surface area contributed by atoms with Gasteiger partial charge in [-0.05, 0) is 47.9 Å². The van der Waals surface area contributed by atoms with E-state index in [2.05, 4.69) is 10.3 Å². The molecule has 2 aliphatic rings. The van der Waals surface area contributed by atoms with Crippen molar-refractivity contribution >= 4 is 22.6 Å². The number of ketones is 1. The van der Waals surface area contributed by atoms with Crippen LogP contribution in [0.1, 0.15) is 23.7 Å². The van der Waals surface area contributed by atoms with Crippen LogP contribution in [0.2, 0.25) is 0 Å². The molecular weight excluding hydrogens is 376 g/mol. The summed E-state index contributed by atoms with van der Waals surface area (Å²) in [4.78, 5) is 15.8. The lowest BCUT2D eigenvalue weighted by Gasteiger charge is -2.40. The molecule has 8 nitrogen and oxygen atoms in total. The van der Waals surface area contributed by atoms with Crippen molar-refractivity contribution in [3.05, 3.63) is 53.3 Å². The fraction of sp³-hybridized carbons (Fsp3) is 0.381. The first-order valence-electron chi connectivity index (χ1n) is 9.49. The Bertz CT molecular complexity index is 939. The van der Waals surface area contributed by atoms with E-state index in [9.17, 15) is 25.2 Å². The van der Waals surface area contributed by atoms with E-state index in [1.54, 1.807) is 18.3 Å². The van der Waals surface area contributed by atoms with Gasteiger partial charge in [-0.2, -0.15) is 0 Å². The molecule has 5 atom stereocenters. The minimum Gasteiger partial charge on any atom is -0.394 e. The highest BCUT2D eigenvalue weighted by Gasteiger charge is 2.43. The molecule has 1 aromatic carbocycles. The first kappa shape index (κ1) is 19.8. The van der Waals surface area contributed by atoms with Crippen LogP contribution < -0.4 is 5.32 Å². The van der Waals surface area contributed by atoms with Crippen LogP contribution in [-0.4, -0.2) is 68.4 Å². The Kier molecular flexibility index (Phi) is 5.28. The highest BCUT2D eigenvalue weighted by molar-refractivity contribution is 6.29. The van der Waals surface area contributed by atoms with Crippen molar-refractivity contribution in [2.75, 3.05) is 11.9 Å². The number of anilines is 1. The number of nitrogens with one attached hydrogen (secondary N) is 2. The molecule has 1 saturated heterocycles. The third-order valence-electron chi connectivity index (χ3n) is 5.61. The Morgan fingerprint density at radius 1 is 1.21 bits per heavy atom. The van der Waals surface area contributed by atoms with E-state index in [4.69, 9.17) is 4.74 Å². The average Bonchev–Trinajstić information content (AvgIpc) is 3.22. The second kappa shape index (κ2) is 7.74. The molecule has 154 valence electrons. The molecule has 2 unspecified atom stereocenters. The largest absolute Gasteiger partial charge is 0.394 e. The predicted molar refractivity (Wildman–Crippen MR) is 106 cm³/mol. The smallest absolute Gasteiger partial charge is 0.178 e. The highest BCUT2D eigenvalue weighted by Crippen LogP contribution is 2.35. The maximum absolute atomic E-state index is 12.7. The van der Waals surface area contributed by atoms with E-state index in [-0.39, 0.29) is 12.2 Å². The van der Waals surface area contributed by atoms with Crippen molar-refractivity contribution in [1.82, 2.24) is 4.98 Å². The van der Waals surface area contributed by atoms with Crippen LogP contribution in [0.4, 0.5) is 5.69 Å². The topological polar surface area (TPSA) is 135 Å². The molecule has 1 aromatic heterocycles. The number of H-pyrrole nitrogens is 1. The number of aliphatic hydroxyl groups is 4. The number of benzene rings is 1. The number of ether oxygens (including phenoxy) is 1. The van der Waals surface area contributed by atoms with Crippen LogP contribution in [0.3, 0.4) is 0 Å². The van der Waals surface area contributed by atoms with Gasteiger partial charge >= 0.3 is 0 Å². The highest BCUT2D eigenvalue weighted by atomic mass is 16.6. The van der Waals surface area contributed by atoms with Gasteiger partial charge in [-0.1, -0.05) is 6.07 Å². The molecule has 0 bridgehead atoms. The van der Waals surface area contributed by atoms with Crippen LogP contribution in [0.5, 0.6) is 0 Å². The zero-order chi connectivity index (χ0) is 20.7. The molecule has 1 fully saturated rings. The van der Waals surface area contributed by atoms with E-state index >= 15 is 0 Å². The number of aromatic amines is 1. The first-order chi connectivity index (χ1) is 13.9. The van der Waals surface area contributed by atoms with E-state index in [1.165, 1.54) is 0 Å². The van der Waals surface area contributed by atoms with Crippen LogP contribution in [0.15, 0.2) is 36.5 Å². The van der Waals surface area contributed by atoms with Crippen molar-refractivity contribution in [2.45, 2.75) is 44.0 Å². The third-order valence-corrected chi connectivity index (χ3v) is 5.61. The summed E-state index contributed by atoms with van der Waals surface area (Å²) in [5, 5.41) is 42.7. The normalized spacial score (nSPS) is 29.7. The molecule has 2 aromatic rings. The summed E-state index contributed by atoms with van der Waals surface area (Å²) in [5.74, 6) is 0.0110. The molecule has 1 aliphatic heterocycles. The Morgan fingerprint density at radius 3 is 2.69 bits per heavy atom.